The lowest BCUT2D eigenvalue weighted by atomic mass is 9.87. The lowest BCUT2D eigenvalue weighted by Gasteiger charge is -2.28. The summed E-state index contributed by atoms with van der Waals surface area (Å²) in [5.74, 6) is 1.91. The van der Waals surface area contributed by atoms with Crippen LogP contribution in [0.2, 0.25) is 0 Å². The minimum absolute atomic E-state index is 0.957. The second-order valence-corrected chi connectivity index (χ2v) is 3.44. The van der Waals surface area contributed by atoms with Crippen molar-refractivity contribution >= 4 is 0 Å². The molecule has 1 saturated heterocycles. The van der Waals surface area contributed by atoms with Gasteiger partial charge in [0.15, 0.2) is 0 Å². The molecule has 1 N–H and O–H groups in total. The molecule has 0 aromatic rings. The molecule has 0 aliphatic carbocycles. The van der Waals surface area contributed by atoms with Gasteiger partial charge in [0, 0.05) is 0 Å². The van der Waals surface area contributed by atoms with E-state index in [4.69, 9.17) is 0 Å². The molecule has 1 aliphatic rings. The minimum Gasteiger partial charge on any atom is -0.316 e. The summed E-state index contributed by atoms with van der Waals surface area (Å²) < 4.78 is 0. The third kappa shape index (κ3) is 1.98. The van der Waals surface area contributed by atoms with Crippen LogP contribution in [-0.2, 0) is 0 Å². The summed E-state index contributed by atoms with van der Waals surface area (Å²) in [7, 11) is 0. The van der Waals surface area contributed by atoms with E-state index in [9.17, 15) is 0 Å². The van der Waals surface area contributed by atoms with Crippen LogP contribution in [0.15, 0.2) is 0 Å². The van der Waals surface area contributed by atoms with Gasteiger partial charge in [-0.2, -0.15) is 0 Å². The van der Waals surface area contributed by atoms with Crippen molar-refractivity contribution in [2.24, 2.45) is 11.8 Å². The van der Waals surface area contributed by atoms with Crippen LogP contribution < -0.4 is 5.32 Å². The summed E-state index contributed by atoms with van der Waals surface area (Å²) in [6.07, 6.45) is 4.16. The van der Waals surface area contributed by atoms with Crippen molar-refractivity contribution in [3.05, 3.63) is 0 Å². The molecular weight excluding hydrogens is 122 g/mol. The predicted molar refractivity (Wildman–Crippen MR) is 45.0 cm³/mol. The second-order valence-electron chi connectivity index (χ2n) is 3.44. The molecule has 1 heterocycles. The summed E-state index contributed by atoms with van der Waals surface area (Å²) in [4.78, 5) is 0. The van der Waals surface area contributed by atoms with Crippen LogP contribution >= 0.6 is 0 Å². The van der Waals surface area contributed by atoms with Crippen molar-refractivity contribution in [2.75, 3.05) is 13.1 Å². The Morgan fingerprint density at radius 2 is 1.60 bits per heavy atom. The fourth-order valence-electron chi connectivity index (χ4n) is 1.75. The van der Waals surface area contributed by atoms with Crippen LogP contribution in [0.25, 0.3) is 0 Å². The van der Waals surface area contributed by atoms with Gasteiger partial charge in [0.2, 0.25) is 0 Å². The Labute approximate surface area is 64.2 Å². The van der Waals surface area contributed by atoms with Crippen molar-refractivity contribution in [1.82, 2.24) is 5.32 Å². The zero-order valence-electron chi connectivity index (χ0n) is 7.19. The lowest BCUT2D eigenvalue weighted by Crippen LogP contribution is -2.35. The minimum atomic E-state index is 0.957. The van der Waals surface area contributed by atoms with Crippen molar-refractivity contribution in [3.8, 4) is 0 Å². The molecule has 10 heavy (non-hydrogen) atoms. The van der Waals surface area contributed by atoms with Gasteiger partial charge in [-0.15, -0.1) is 0 Å². The second kappa shape index (κ2) is 3.97. The van der Waals surface area contributed by atoms with Crippen molar-refractivity contribution in [3.63, 3.8) is 0 Å². The molecule has 1 nitrogen and oxygen atoms in total. The molecule has 60 valence electrons. The van der Waals surface area contributed by atoms with E-state index >= 15 is 0 Å². The number of hydrogen-bond donors (Lipinski definition) is 1. The quantitative estimate of drug-likeness (QED) is 0.620. The SMILES string of the molecule is CCC1CNC[C@@H](CC)C1. The van der Waals surface area contributed by atoms with E-state index in [0.717, 1.165) is 11.8 Å². The van der Waals surface area contributed by atoms with Gasteiger partial charge in [0.25, 0.3) is 0 Å². The molecule has 1 fully saturated rings. The maximum atomic E-state index is 3.49. The average Bonchev–Trinajstić information content (AvgIpc) is 2.05. The molecule has 0 bridgehead atoms. The Hall–Kier alpha value is -0.0400. The van der Waals surface area contributed by atoms with Gasteiger partial charge in [0.05, 0.1) is 0 Å². The van der Waals surface area contributed by atoms with E-state index in [-0.39, 0.29) is 0 Å². The fraction of sp³-hybridized carbons (Fsp3) is 1.00. The summed E-state index contributed by atoms with van der Waals surface area (Å²) in [5.41, 5.74) is 0. The molecule has 2 atom stereocenters. The Bertz CT molecular complexity index is 80.7. The third-order valence-electron chi connectivity index (χ3n) is 2.69. The molecule has 0 radical (unpaired) electrons. The molecular formula is C9H19N. The Balaban J connectivity index is 2.25. The van der Waals surface area contributed by atoms with Crippen molar-refractivity contribution in [1.29, 1.82) is 0 Å². The summed E-state index contributed by atoms with van der Waals surface area (Å²) in [5, 5.41) is 3.49. The first kappa shape index (κ1) is 8.06. The molecule has 0 aromatic heterocycles. The molecule has 1 unspecified atom stereocenters. The van der Waals surface area contributed by atoms with Crippen molar-refractivity contribution in [2.45, 2.75) is 33.1 Å². The first-order valence-electron chi connectivity index (χ1n) is 4.57. The van der Waals surface area contributed by atoms with Crippen LogP contribution in [0.4, 0.5) is 0 Å². The normalized spacial score (nSPS) is 34.2. The molecule has 0 saturated carbocycles. The van der Waals surface area contributed by atoms with Gasteiger partial charge in [0.1, 0.15) is 0 Å². The fourth-order valence-corrected chi connectivity index (χ4v) is 1.75. The van der Waals surface area contributed by atoms with E-state index in [1.807, 2.05) is 0 Å². The van der Waals surface area contributed by atoms with Crippen LogP contribution in [0, 0.1) is 11.8 Å². The van der Waals surface area contributed by atoms with E-state index < -0.39 is 0 Å². The molecule has 1 heteroatoms. The van der Waals surface area contributed by atoms with Gasteiger partial charge in [-0.3, -0.25) is 0 Å². The third-order valence-corrected chi connectivity index (χ3v) is 2.69. The maximum absolute atomic E-state index is 3.49. The lowest BCUT2D eigenvalue weighted by molar-refractivity contribution is 0.275. The molecule has 0 aromatic carbocycles. The number of rotatable bonds is 2. The highest BCUT2D eigenvalue weighted by molar-refractivity contribution is 4.74. The predicted octanol–water partition coefficient (Wildman–Crippen LogP) is 2.03. The van der Waals surface area contributed by atoms with Crippen LogP contribution in [0.3, 0.4) is 0 Å². The summed E-state index contributed by atoms with van der Waals surface area (Å²) >= 11 is 0. The van der Waals surface area contributed by atoms with E-state index in [0.29, 0.717) is 0 Å². The Morgan fingerprint density at radius 3 is 2.00 bits per heavy atom. The first-order valence-corrected chi connectivity index (χ1v) is 4.57. The van der Waals surface area contributed by atoms with Crippen LogP contribution in [0.1, 0.15) is 33.1 Å². The first-order chi connectivity index (χ1) is 4.86. The molecule has 0 amide bonds. The maximum Gasteiger partial charge on any atom is -0.00204 e. The zero-order valence-corrected chi connectivity index (χ0v) is 7.19. The number of piperidine rings is 1. The standard InChI is InChI=1S/C9H19N/c1-3-8-5-9(4-2)7-10-6-8/h8-10H,3-7H2,1-2H3/t8-,9?/m0/s1. The Morgan fingerprint density at radius 1 is 1.10 bits per heavy atom. The number of hydrogen-bond acceptors (Lipinski definition) is 1. The number of nitrogens with one attached hydrogen (secondary N) is 1. The van der Waals surface area contributed by atoms with Gasteiger partial charge in [-0.05, 0) is 31.3 Å². The van der Waals surface area contributed by atoms with Crippen LogP contribution in [0.5, 0.6) is 0 Å². The average molecular weight is 141 g/mol. The van der Waals surface area contributed by atoms with E-state index in [2.05, 4.69) is 19.2 Å². The monoisotopic (exact) mass is 141 g/mol. The van der Waals surface area contributed by atoms with E-state index in [1.165, 1.54) is 32.4 Å². The summed E-state index contributed by atoms with van der Waals surface area (Å²) in [6.45, 7) is 7.11. The highest BCUT2D eigenvalue weighted by Gasteiger charge is 2.17. The molecule has 0 spiro atoms. The van der Waals surface area contributed by atoms with Gasteiger partial charge < -0.3 is 5.32 Å². The van der Waals surface area contributed by atoms with Crippen LogP contribution in [-0.4, -0.2) is 13.1 Å². The highest BCUT2D eigenvalue weighted by atomic mass is 14.9. The highest BCUT2D eigenvalue weighted by Crippen LogP contribution is 2.20. The topological polar surface area (TPSA) is 12.0 Å². The zero-order chi connectivity index (χ0) is 7.40. The smallest absolute Gasteiger partial charge is 0.00204 e. The molecule has 1 aliphatic heterocycles. The summed E-state index contributed by atoms with van der Waals surface area (Å²) in [6, 6.07) is 0. The largest absolute Gasteiger partial charge is 0.316 e. The van der Waals surface area contributed by atoms with Gasteiger partial charge in [-0.25, -0.2) is 0 Å². The van der Waals surface area contributed by atoms with Gasteiger partial charge >= 0.3 is 0 Å². The van der Waals surface area contributed by atoms with Gasteiger partial charge in [-0.1, -0.05) is 26.7 Å². The van der Waals surface area contributed by atoms with E-state index in [1.54, 1.807) is 0 Å². The molecule has 1 rings (SSSR count). The van der Waals surface area contributed by atoms with Crippen molar-refractivity contribution < 1.29 is 0 Å². The Kier molecular flexibility index (Phi) is 3.20.